The van der Waals surface area contributed by atoms with Crippen molar-refractivity contribution in [3.8, 4) is 0 Å². The fourth-order valence-corrected chi connectivity index (χ4v) is 4.36. The van der Waals surface area contributed by atoms with Crippen LogP contribution in [0.15, 0.2) is 30.3 Å². The van der Waals surface area contributed by atoms with Crippen molar-refractivity contribution in [3.05, 3.63) is 46.3 Å². The Kier molecular flexibility index (Phi) is 5.88. The van der Waals surface area contributed by atoms with Crippen molar-refractivity contribution in [2.75, 3.05) is 17.3 Å². The number of nitrogens with one attached hydrogen (secondary N) is 3. The monoisotopic (exact) mass is 375 g/mol. The number of rotatable bonds is 5. The third-order valence-corrected chi connectivity index (χ3v) is 5.38. The highest BCUT2D eigenvalue weighted by molar-refractivity contribution is 7.80. The van der Waals surface area contributed by atoms with Crippen molar-refractivity contribution in [2.45, 2.75) is 32.6 Å². The third-order valence-electron chi connectivity index (χ3n) is 3.97. The highest BCUT2D eigenvalue weighted by Gasteiger charge is 2.26. The minimum Gasteiger partial charge on any atom is -0.462 e. The number of benzene rings is 1. The van der Waals surface area contributed by atoms with E-state index >= 15 is 0 Å². The number of fused-ring (bicyclic) bond motifs is 1. The average Bonchev–Trinajstić information content (AvgIpc) is 2.99. The quantitative estimate of drug-likeness (QED) is 0.415. The van der Waals surface area contributed by atoms with E-state index in [4.69, 9.17) is 17.0 Å². The summed E-state index contributed by atoms with van der Waals surface area (Å²) in [5.74, 6) is -0.275. The molecule has 0 fully saturated rings. The minimum absolute atomic E-state index is 0.275. The second-order valence-electron chi connectivity index (χ2n) is 5.71. The van der Waals surface area contributed by atoms with E-state index in [-0.39, 0.29) is 5.97 Å². The van der Waals surface area contributed by atoms with Gasteiger partial charge >= 0.3 is 5.97 Å². The van der Waals surface area contributed by atoms with Crippen LogP contribution in [0.3, 0.4) is 0 Å². The van der Waals surface area contributed by atoms with Crippen LogP contribution in [0.25, 0.3) is 0 Å². The van der Waals surface area contributed by atoms with Crippen molar-refractivity contribution in [1.29, 1.82) is 0 Å². The lowest BCUT2D eigenvalue weighted by molar-refractivity contribution is 0.0526. The van der Waals surface area contributed by atoms with Gasteiger partial charge in [-0.05, 0) is 62.5 Å². The third kappa shape index (κ3) is 4.29. The van der Waals surface area contributed by atoms with Gasteiger partial charge in [0.2, 0.25) is 0 Å². The van der Waals surface area contributed by atoms with E-state index < -0.39 is 0 Å². The number of anilines is 2. The average molecular weight is 376 g/mol. The number of carbonyl (C=O) groups is 1. The Hall–Kier alpha value is -2.12. The van der Waals surface area contributed by atoms with E-state index in [9.17, 15) is 4.79 Å². The molecule has 132 valence electrons. The van der Waals surface area contributed by atoms with Crippen LogP contribution in [0, 0.1) is 0 Å². The number of hydrogen-bond acceptors (Lipinski definition) is 5. The number of hydrogen-bond donors (Lipinski definition) is 3. The van der Waals surface area contributed by atoms with Crippen LogP contribution in [0.5, 0.6) is 0 Å². The summed E-state index contributed by atoms with van der Waals surface area (Å²) in [6, 6.07) is 9.69. The van der Waals surface area contributed by atoms with E-state index in [2.05, 4.69) is 16.2 Å². The van der Waals surface area contributed by atoms with Gasteiger partial charge in [0, 0.05) is 4.88 Å². The van der Waals surface area contributed by atoms with Crippen molar-refractivity contribution in [1.82, 2.24) is 5.43 Å². The zero-order valence-corrected chi connectivity index (χ0v) is 15.7. The largest absolute Gasteiger partial charge is 0.462 e. The van der Waals surface area contributed by atoms with Crippen LogP contribution in [0.2, 0.25) is 0 Å². The fraction of sp³-hybridized carbons (Fsp3) is 0.333. The number of para-hydroxylation sites is 1. The van der Waals surface area contributed by atoms with Gasteiger partial charge in [-0.2, -0.15) is 0 Å². The van der Waals surface area contributed by atoms with Crippen LogP contribution in [-0.2, 0) is 17.6 Å². The van der Waals surface area contributed by atoms with Crippen molar-refractivity contribution < 1.29 is 9.53 Å². The summed E-state index contributed by atoms with van der Waals surface area (Å²) in [6.07, 6.45) is 4.20. The Bertz CT molecular complexity index is 759. The Balaban J connectivity index is 1.73. The first-order valence-electron chi connectivity index (χ1n) is 8.38. The molecule has 0 amide bonds. The Labute approximate surface area is 156 Å². The lowest BCUT2D eigenvalue weighted by Gasteiger charge is -2.14. The summed E-state index contributed by atoms with van der Waals surface area (Å²) in [4.78, 5) is 13.7. The van der Waals surface area contributed by atoms with Gasteiger partial charge in [0.15, 0.2) is 5.11 Å². The predicted molar refractivity (Wildman–Crippen MR) is 106 cm³/mol. The van der Waals surface area contributed by atoms with Gasteiger partial charge in [0.1, 0.15) is 5.00 Å². The maximum atomic E-state index is 12.4. The normalized spacial score (nSPS) is 12.8. The first-order chi connectivity index (χ1) is 12.2. The molecule has 1 aromatic heterocycles. The summed E-state index contributed by atoms with van der Waals surface area (Å²) in [6.45, 7) is 2.18. The van der Waals surface area contributed by atoms with E-state index in [1.54, 1.807) is 11.3 Å². The molecule has 7 heteroatoms. The Morgan fingerprint density at radius 3 is 2.76 bits per heavy atom. The van der Waals surface area contributed by atoms with Crippen LogP contribution in [-0.4, -0.2) is 17.7 Å². The van der Waals surface area contributed by atoms with E-state index in [1.165, 1.54) is 4.88 Å². The molecule has 25 heavy (non-hydrogen) atoms. The SMILES string of the molecule is CCOC(=O)c1c(NC(=S)NNc2ccccc2)sc2c1CCCC2. The maximum absolute atomic E-state index is 12.4. The molecule has 0 saturated heterocycles. The molecule has 1 aromatic carbocycles. The second kappa shape index (κ2) is 8.31. The van der Waals surface area contributed by atoms with Gasteiger partial charge < -0.3 is 10.1 Å². The molecule has 2 aromatic rings. The van der Waals surface area contributed by atoms with Gasteiger partial charge in [-0.3, -0.25) is 10.9 Å². The van der Waals surface area contributed by atoms with Gasteiger partial charge in [-0.1, -0.05) is 18.2 Å². The number of thiocarbonyl (C=S) groups is 1. The van der Waals surface area contributed by atoms with E-state index in [0.717, 1.165) is 41.9 Å². The molecular formula is C18H21N3O2S2. The summed E-state index contributed by atoms with van der Waals surface area (Å²) in [7, 11) is 0. The highest BCUT2D eigenvalue weighted by atomic mass is 32.1. The zero-order valence-electron chi connectivity index (χ0n) is 14.1. The summed E-state index contributed by atoms with van der Waals surface area (Å²) < 4.78 is 5.25. The highest BCUT2D eigenvalue weighted by Crippen LogP contribution is 2.38. The van der Waals surface area contributed by atoms with Crippen LogP contribution in [0.1, 0.15) is 40.6 Å². The fourth-order valence-electron chi connectivity index (χ4n) is 2.86. The van der Waals surface area contributed by atoms with Crippen LogP contribution in [0.4, 0.5) is 10.7 Å². The molecule has 0 saturated carbocycles. The molecule has 0 atom stereocenters. The van der Waals surface area contributed by atoms with E-state index in [1.807, 2.05) is 37.3 Å². The molecule has 1 aliphatic carbocycles. The van der Waals surface area contributed by atoms with Crippen molar-refractivity contribution >= 4 is 45.3 Å². The Morgan fingerprint density at radius 2 is 2.00 bits per heavy atom. The van der Waals surface area contributed by atoms with Crippen molar-refractivity contribution in [2.24, 2.45) is 0 Å². The molecule has 0 unspecified atom stereocenters. The summed E-state index contributed by atoms with van der Waals surface area (Å²) in [5.41, 5.74) is 8.66. The molecule has 0 radical (unpaired) electrons. The topological polar surface area (TPSA) is 62.4 Å². The number of carbonyl (C=O) groups excluding carboxylic acids is 1. The molecular weight excluding hydrogens is 354 g/mol. The van der Waals surface area contributed by atoms with Crippen LogP contribution >= 0.6 is 23.6 Å². The first kappa shape index (κ1) is 17.7. The molecule has 0 aliphatic heterocycles. The van der Waals surface area contributed by atoms with Gasteiger partial charge in [-0.25, -0.2) is 4.79 Å². The smallest absolute Gasteiger partial charge is 0.341 e. The first-order valence-corrected chi connectivity index (χ1v) is 9.61. The maximum Gasteiger partial charge on any atom is 0.341 e. The molecule has 0 spiro atoms. The van der Waals surface area contributed by atoms with Crippen LogP contribution < -0.4 is 16.2 Å². The number of thiophene rings is 1. The molecule has 1 heterocycles. The number of ether oxygens (including phenoxy) is 1. The summed E-state index contributed by atoms with van der Waals surface area (Å²) in [5, 5.41) is 4.32. The molecule has 5 nitrogen and oxygen atoms in total. The van der Waals surface area contributed by atoms with Gasteiger partial charge in [0.05, 0.1) is 17.9 Å². The molecule has 3 N–H and O–H groups in total. The standard InChI is InChI=1S/C18H21N3O2S2/c1-2-23-17(22)15-13-10-6-7-11-14(13)25-16(15)19-18(24)21-20-12-8-4-3-5-9-12/h3-5,8-9,20H,2,6-7,10-11H2,1H3,(H2,19,21,24). The lowest BCUT2D eigenvalue weighted by atomic mass is 9.95. The second-order valence-corrected chi connectivity index (χ2v) is 7.22. The lowest BCUT2D eigenvalue weighted by Crippen LogP contribution is -2.33. The zero-order chi connectivity index (χ0) is 17.6. The number of aryl methyl sites for hydroxylation is 1. The molecule has 3 rings (SSSR count). The van der Waals surface area contributed by atoms with Gasteiger partial charge in [-0.15, -0.1) is 11.3 Å². The number of esters is 1. The van der Waals surface area contributed by atoms with Gasteiger partial charge in [0.25, 0.3) is 0 Å². The molecule has 1 aliphatic rings. The molecule has 0 bridgehead atoms. The van der Waals surface area contributed by atoms with E-state index in [0.29, 0.717) is 17.3 Å². The summed E-state index contributed by atoms with van der Waals surface area (Å²) >= 11 is 6.96. The minimum atomic E-state index is -0.275. The van der Waals surface area contributed by atoms with Crippen molar-refractivity contribution in [3.63, 3.8) is 0 Å². The predicted octanol–water partition coefficient (Wildman–Crippen LogP) is 4.12. The Morgan fingerprint density at radius 1 is 1.24 bits per heavy atom. The number of hydrazine groups is 1.